The number of thioether (sulfide) groups is 1. The number of nitrogens with one attached hydrogen (secondary N) is 1. The van der Waals surface area contributed by atoms with Crippen LogP contribution in [0, 0.1) is 17.1 Å². The van der Waals surface area contributed by atoms with Crippen LogP contribution in [-0.2, 0) is 16.0 Å². The summed E-state index contributed by atoms with van der Waals surface area (Å²) in [6.07, 6.45) is 0.346. The molecule has 0 saturated carbocycles. The Kier molecular flexibility index (Phi) is 7.37. The molecule has 1 fully saturated rings. The van der Waals surface area contributed by atoms with Crippen LogP contribution in [0.4, 0.5) is 15.8 Å². The van der Waals surface area contributed by atoms with Crippen LogP contribution in [0.1, 0.15) is 5.56 Å². The summed E-state index contributed by atoms with van der Waals surface area (Å²) < 4.78 is 14.4. The lowest BCUT2D eigenvalue weighted by molar-refractivity contribution is -0.117. The molecule has 2 amide bonds. The normalized spacial score (nSPS) is 16.8. The highest BCUT2D eigenvalue weighted by molar-refractivity contribution is 9.10. The number of nitriles is 1. The molecule has 170 valence electrons. The summed E-state index contributed by atoms with van der Waals surface area (Å²) in [5.74, 6) is -1.41. The van der Waals surface area contributed by atoms with Gasteiger partial charge in [-0.05, 0) is 72.6 Å². The number of anilines is 2. The smallest absolute Gasteiger partial charge is 0.269 e. The maximum atomic E-state index is 13.5. The van der Waals surface area contributed by atoms with E-state index in [1.165, 1.54) is 29.2 Å². The molecule has 1 aliphatic rings. The fourth-order valence-corrected chi connectivity index (χ4v) is 5.20. The van der Waals surface area contributed by atoms with Gasteiger partial charge in [-0.1, -0.05) is 51.4 Å². The maximum Gasteiger partial charge on any atom is 0.269 e. The highest BCUT2D eigenvalue weighted by Crippen LogP contribution is 2.42. The third-order valence-corrected chi connectivity index (χ3v) is 7.03. The summed E-state index contributed by atoms with van der Waals surface area (Å²) in [4.78, 5) is 27.8. The van der Waals surface area contributed by atoms with Crippen LogP contribution in [0.2, 0.25) is 5.02 Å². The van der Waals surface area contributed by atoms with E-state index in [2.05, 4.69) is 21.2 Å². The minimum absolute atomic E-state index is 0.195. The molecule has 0 unspecified atom stereocenters. The highest BCUT2D eigenvalue weighted by atomic mass is 79.9. The fraction of sp³-hybridized carbons (Fsp3) is 0.0800. The van der Waals surface area contributed by atoms with Crippen molar-refractivity contribution in [1.82, 2.24) is 0 Å². The number of halogens is 3. The molecule has 3 aromatic rings. The van der Waals surface area contributed by atoms with Crippen LogP contribution in [0.25, 0.3) is 0 Å². The van der Waals surface area contributed by atoms with Gasteiger partial charge in [0.05, 0.1) is 5.25 Å². The third-order valence-electron chi connectivity index (χ3n) is 5.00. The van der Waals surface area contributed by atoms with Crippen molar-refractivity contribution in [1.29, 1.82) is 5.26 Å². The largest absolute Gasteiger partial charge is 0.321 e. The van der Waals surface area contributed by atoms with Gasteiger partial charge >= 0.3 is 0 Å². The first-order chi connectivity index (χ1) is 16.4. The van der Waals surface area contributed by atoms with Crippen LogP contribution < -0.4 is 10.2 Å². The molecule has 1 heterocycles. The Morgan fingerprint density at radius 3 is 2.50 bits per heavy atom. The Morgan fingerprint density at radius 2 is 1.85 bits per heavy atom. The van der Waals surface area contributed by atoms with Crippen molar-refractivity contribution in [3.05, 3.63) is 104 Å². The first-order valence-electron chi connectivity index (χ1n) is 10.1. The molecule has 0 aromatic heterocycles. The molecule has 0 spiro atoms. The van der Waals surface area contributed by atoms with Gasteiger partial charge in [-0.3, -0.25) is 14.5 Å². The summed E-state index contributed by atoms with van der Waals surface area (Å²) in [7, 11) is 0. The van der Waals surface area contributed by atoms with Gasteiger partial charge in [-0.2, -0.15) is 5.26 Å². The minimum Gasteiger partial charge on any atom is -0.321 e. The van der Waals surface area contributed by atoms with Crippen molar-refractivity contribution < 1.29 is 14.0 Å². The summed E-state index contributed by atoms with van der Waals surface area (Å²) in [5, 5.41) is 12.7. The summed E-state index contributed by atoms with van der Waals surface area (Å²) in [5.41, 5.74) is 1.50. The van der Waals surface area contributed by atoms with Crippen molar-refractivity contribution in [2.24, 2.45) is 0 Å². The first-order valence-corrected chi connectivity index (χ1v) is 12.1. The Balaban J connectivity index is 1.72. The van der Waals surface area contributed by atoms with Crippen molar-refractivity contribution >= 4 is 62.5 Å². The number of rotatable bonds is 5. The maximum absolute atomic E-state index is 13.5. The molecule has 0 aliphatic carbocycles. The molecule has 5 nitrogen and oxygen atoms in total. The van der Waals surface area contributed by atoms with Gasteiger partial charge in [0.2, 0.25) is 5.91 Å². The third kappa shape index (κ3) is 5.33. The fourth-order valence-electron chi connectivity index (χ4n) is 3.42. The van der Waals surface area contributed by atoms with Crippen LogP contribution in [-0.4, -0.2) is 17.1 Å². The molecule has 4 rings (SSSR count). The van der Waals surface area contributed by atoms with E-state index in [1.807, 2.05) is 12.1 Å². The SMILES string of the molecule is N#C/C(C(=O)Nc1ccc(Br)cc1)=C1\S[C@@H](Cc2cccc(Cl)c2)C(=O)N1c1ccc(F)cc1. The van der Waals surface area contributed by atoms with E-state index in [4.69, 9.17) is 11.6 Å². The molecule has 1 atom stereocenters. The monoisotopic (exact) mass is 555 g/mol. The molecule has 34 heavy (non-hydrogen) atoms. The number of benzene rings is 3. The second-order valence-electron chi connectivity index (χ2n) is 7.34. The van der Waals surface area contributed by atoms with Crippen LogP contribution in [0.15, 0.2) is 87.9 Å². The zero-order valence-corrected chi connectivity index (χ0v) is 20.6. The van der Waals surface area contributed by atoms with Crippen molar-refractivity contribution in [2.45, 2.75) is 11.7 Å². The second-order valence-corrected chi connectivity index (χ2v) is 9.89. The van der Waals surface area contributed by atoms with Crippen LogP contribution in [0.3, 0.4) is 0 Å². The Bertz CT molecular complexity index is 1320. The molecule has 1 saturated heterocycles. The van der Waals surface area contributed by atoms with E-state index >= 15 is 0 Å². The lowest BCUT2D eigenvalue weighted by Gasteiger charge is -2.18. The summed E-state index contributed by atoms with van der Waals surface area (Å²) >= 11 is 10.6. The van der Waals surface area contributed by atoms with Gasteiger partial charge in [0.1, 0.15) is 22.5 Å². The molecule has 9 heteroatoms. The van der Waals surface area contributed by atoms with E-state index in [9.17, 15) is 19.2 Å². The molecular formula is C25H16BrClFN3O2S. The van der Waals surface area contributed by atoms with E-state index in [0.717, 1.165) is 21.8 Å². The highest BCUT2D eigenvalue weighted by Gasteiger charge is 2.40. The molecular weight excluding hydrogens is 541 g/mol. The van der Waals surface area contributed by atoms with E-state index in [0.29, 0.717) is 22.8 Å². The van der Waals surface area contributed by atoms with Crippen molar-refractivity contribution in [3.8, 4) is 6.07 Å². The van der Waals surface area contributed by atoms with Crippen molar-refractivity contribution in [2.75, 3.05) is 10.2 Å². The average molecular weight is 557 g/mol. The Hall–Kier alpha value is -3.12. The van der Waals surface area contributed by atoms with Crippen molar-refractivity contribution in [3.63, 3.8) is 0 Å². The zero-order valence-electron chi connectivity index (χ0n) is 17.5. The number of carbonyl (C=O) groups excluding carboxylic acids is 2. The predicted molar refractivity (Wildman–Crippen MR) is 136 cm³/mol. The Labute approximate surface area is 213 Å². The lowest BCUT2D eigenvalue weighted by atomic mass is 10.1. The second kappa shape index (κ2) is 10.4. The topological polar surface area (TPSA) is 73.2 Å². The molecule has 0 bridgehead atoms. The van der Waals surface area contributed by atoms with Gasteiger partial charge < -0.3 is 5.32 Å². The number of carbonyl (C=O) groups is 2. The Morgan fingerprint density at radius 1 is 1.15 bits per heavy atom. The zero-order chi connectivity index (χ0) is 24.2. The van der Waals surface area contributed by atoms with Gasteiger partial charge in [-0.15, -0.1) is 0 Å². The van der Waals surface area contributed by atoms with Gasteiger partial charge in [0.15, 0.2) is 0 Å². The predicted octanol–water partition coefficient (Wildman–Crippen LogP) is 6.31. The first kappa shape index (κ1) is 24.0. The standard InChI is InChI=1S/C25H16BrClFN3O2S/c26-16-4-8-19(9-5-16)30-23(32)21(14-29)25-31(20-10-6-18(28)7-11-20)24(33)22(34-25)13-15-2-1-3-17(27)12-15/h1-12,22H,13H2,(H,30,32)/b25-21+/t22-/m0/s1. The van der Waals surface area contributed by atoms with E-state index < -0.39 is 17.0 Å². The lowest BCUT2D eigenvalue weighted by Crippen LogP contribution is -2.30. The van der Waals surface area contributed by atoms with Gasteiger partial charge in [0.25, 0.3) is 5.91 Å². The molecule has 1 aliphatic heterocycles. The number of amides is 2. The summed E-state index contributed by atoms with van der Waals surface area (Å²) in [6.45, 7) is 0. The quantitative estimate of drug-likeness (QED) is 0.295. The average Bonchev–Trinajstić information content (AvgIpc) is 3.12. The number of nitrogens with zero attached hydrogens (tertiary/aromatic N) is 2. The van der Waals surface area contributed by atoms with E-state index in [1.54, 1.807) is 42.5 Å². The van der Waals surface area contributed by atoms with Gasteiger partial charge in [-0.25, -0.2) is 4.39 Å². The molecule has 1 N–H and O–H groups in total. The summed E-state index contributed by atoms with van der Waals surface area (Å²) in [6, 6.07) is 21.3. The molecule has 0 radical (unpaired) electrons. The number of hydrogen-bond donors (Lipinski definition) is 1. The van der Waals surface area contributed by atoms with Crippen LogP contribution >= 0.6 is 39.3 Å². The van der Waals surface area contributed by atoms with E-state index in [-0.39, 0.29) is 16.5 Å². The molecule has 3 aromatic carbocycles. The number of hydrogen-bond acceptors (Lipinski definition) is 4. The minimum atomic E-state index is -0.643. The van der Waals surface area contributed by atoms with Crippen LogP contribution in [0.5, 0.6) is 0 Å². The van der Waals surface area contributed by atoms with Gasteiger partial charge in [0, 0.05) is 20.9 Å².